The number of nitrogens with one attached hydrogen (secondary N) is 3. The average molecular weight is 270 g/mol. The molecule has 1 aliphatic rings. The van der Waals surface area contributed by atoms with Crippen LogP contribution in [-0.4, -0.2) is 35.5 Å². The zero-order chi connectivity index (χ0) is 14.3. The maximum atomic E-state index is 11.9. The van der Waals surface area contributed by atoms with Gasteiger partial charge < -0.3 is 21.5 Å². The second-order valence-corrected chi connectivity index (χ2v) is 4.86. The topological polar surface area (TPSA) is 128 Å². The van der Waals surface area contributed by atoms with Crippen LogP contribution in [0.1, 0.15) is 38.5 Å². The van der Waals surface area contributed by atoms with Gasteiger partial charge in [0.1, 0.15) is 6.04 Å². The van der Waals surface area contributed by atoms with Gasteiger partial charge in [0.15, 0.2) is 5.96 Å². The van der Waals surface area contributed by atoms with Gasteiger partial charge in [0, 0.05) is 12.5 Å². The van der Waals surface area contributed by atoms with Crippen molar-refractivity contribution in [2.24, 2.45) is 11.7 Å². The summed E-state index contributed by atoms with van der Waals surface area (Å²) in [6.07, 6.45) is 4.64. The summed E-state index contributed by atoms with van der Waals surface area (Å²) in [7, 11) is 0. The number of aliphatic carboxylic acids is 1. The van der Waals surface area contributed by atoms with E-state index in [-0.39, 0.29) is 17.8 Å². The summed E-state index contributed by atoms with van der Waals surface area (Å²) in [6, 6.07) is -0.859. The minimum Gasteiger partial charge on any atom is -0.480 e. The van der Waals surface area contributed by atoms with E-state index < -0.39 is 12.0 Å². The highest BCUT2D eigenvalue weighted by Crippen LogP contribution is 2.24. The van der Waals surface area contributed by atoms with Crippen molar-refractivity contribution in [2.45, 2.75) is 44.6 Å². The fraction of sp³-hybridized carbons (Fsp3) is 0.750. The van der Waals surface area contributed by atoms with Gasteiger partial charge in [0.2, 0.25) is 5.91 Å². The molecule has 0 unspecified atom stereocenters. The molecular formula is C12H22N4O3. The van der Waals surface area contributed by atoms with Crippen molar-refractivity contribution in [2.75, 3.05) is 6.54 Å². The largest absolute Gasteiger partial charge is 0.480 e. The summed E-state index contributed by atoms with van der Waals surface area (Å²) < 4.78 is 0. The molecule has 0 aromatic carbocycles. The molecule has 1 saturated carbocycles. The minimum atomic E-state index is -1.02. The van der Waals surface area contributed by atoms with E-state index in [1.807, 2.05) is 0 Å². The lowest BCUT2D eigenvalue weighted by Crippen LogP contribution is -2.43. The summed E-state index contributed by atoms with van der Waals surface area (Å²) >= 11 is 0. The maximum Gasteiger partial charge on any atom is 0.326 e. The van der Waals surface area contributed by atoms with E-state index in [0.717, 1.165) is 25.7 Å². The molecular weight excluding hydrogens is 248 g/mol. The molecule has 19 heavy (non-hydrogen) atoms. The Labute approximate surface area is 112 Å². The third kappa shape index (κ3) is 5.58. The monoisotopic (exact) mass is 270 g/mol. The molecule has 1 amide bonds. The summed E-state index contributed by atoms with van der Waals surface area (Å²) in [5.74, 6) is -1.34. The second-order valence-electron chi connectivity index (χ2n) is 4.86. The number of hydrogen-bond donors (Lipinski definition) is 5. The van der Waals surface area contributed by atoms with Crippen LogP contribution in [0.15, 0.2) is 0 Å². The van der Waals surface area contributed by atoms with Crippen molar-refractivity contribution >= 4 is 17.8 Å². The average Bonchev–Trinajstić information content (AvgIpc) is 2.85. The molecule has 0 heterocycles. The number of rotatable bonds is 7. The van der Waals surface area contributed by atoms with Gasteiger partial charge in [-0.25, -0.2) is 4.79 Å². The molecule has 6 N–H and O–H groups in total. The van der Waals surface area contributed by atoms with Gasteiger partial charge in [-0.3, -0.25) is 10.2 Å². The number of carboxylic acids is 1. The van der Waals surface area contributed by atoms with Crippen LogP contribution < -0.4 is 16.4 Å². The molecule has 0 aromatic rings. The normalized spacial score (nSPS) is 16.8. The fourth-order valence-electron chi connectivity index (χ4n) is 2.26. The Morgan fingerprint density at radius 1 is 1.37 bits per heavy atom. The van der Waals surface area contributed by atoms with Crippen LogP contribution in [0.4, 0.5) is 0 Å². The second kappa shape index (κ2) is 7.60. The standard InChI is InChI=1S/C12H22N4O3/c13-12(14)15-7-3-6-9(11(18)19)16-10(17)8-4-1-2-5-8/h8-9H,1-7H2,(H,16,17)(H,18,19)(H4,13,14,15)/t9-/m0/s1. The molecule has 1 atom stereocenters. The zero-order valence-electron chi connectivity index (χ0n) is 10.9. The quantitative estimate of drug-likeness (QED) is 0.253. The van der Waals surface area contributed by atoms with E-state index in [1.54, 1.807) is 0 Å². The smallest absolute Gasteiger partial charge is 0.326 e. The van der Waals surface area contributed by atoms with E-state index in [9.17, 15) is 9.59 Å². The van der Waals surface area contributed by atoms with E-state index >= 15 is 0 Å². The van der Waals surface area contributed by atoms with Crippen LogP contribution in [-0.2, 0) is 9.59 Å². The Kier molecular flexibility index (Phi) is 6.11. The first-order valence-electron chi connectivity index (χ1n) is 6.61. The van der Waals surface area contributed by atoms with Gasteiger partial charge >= 0.3 is 5.97 Å². The van der Waals surface area contributed by atoms with E-state index in [1.165, 1.54) is 0 Å². The Bertz CT molecular complexity index is 340. The van der Waals surface area contributed by atoms with Crippen molar-refractivity contribution in [1.82, 2.24) is 10.6 Å². The summed E-state index contributed by atoms with van der Waals surface area (Å²) in [5.41, 5.74) is 5.12. The highest BCUT2D eigenvalue weighted by molar-refractivity contribution is 5.85. The highest BCUT2D eigenvalue weighted by atomic mass is 16.4. The first-order chi connectivity index (χ1) is 9.00. The van der Waals surface area contributed by atoms with Crippen molar-refractivity contribution < 1.29 is 14.7 Å². The van der Waals surface area contributed by atoms with Crippen LogP contribution in [0.2, 0.25) is 0 Å². The molecule has 1 rings (SSSR count). The third-order valence-corrected chi connectivity index (χ3v) is 3.33. The van der Waals surface area contributed by atoms with Crippen LogP contribution in [0.3, 0.4) is 0 Å². The molecule has 0 aliphatic heterocycles. The van der Waals surface area contributed by atoms with Crippen molar-refractivity contribution in [3.63, 3.8) is 0 Å². The van der Waals surface area contributed by atoms with Crippen molar-refractivity contribution in [1.29, 1.82) is 5.41 Å². The number of guanidine groups is 1. The molecule has 1 aliphatic carbocycles. The van der Waals surface area contributed by atoms with E-state index in [2.05, 4.69) is 10.6 Å². The minimum absolute atomic E-state index is 0.0304. The SMILES string of the molecule is N=C(N)NCCC[C@H](NC(=O)C1CCCC1)C(=O)O. The molecule has 0 saturated heterocycles. The Hall–Kier alpha value is -1.79. The van der Waals surface area contributed by atoms with Crippen LogP contribution in [0, 0.1) is 11.3 Å². The molecule has 7 nitrogen and oxygen atoms in total. The van der Waals surface area contributed by atoms with Gasteiger partial charge in [-0.15, -0.1) is 0 Å². The first kappa shape index (κ1) is 15.3. The number of amides is 1. The number of carbonyl (C=O) groups excluding carboxylic acids is 1. The van der Waals surface area contributed by atoms with Crippen LogP contribution >= 0.6 is 0 Å². The molecule has 7 heteroatoms. The summed E-state index contributed by atoms with van der Waals surface area (Å²) in [4.78, 5) is 22.9. The molecule has 1 fully saturated rings. The van der Waals surface area contributed by atoms with Gasteiger partial charge in [-0.05, 0) is 25.7 Å². The van der Waals surface area contributed by atoms with E-state index in [4.69, 9.17) is 16.2 Å². The van der Waals surface area contributed by atoms with Crippen LogP contribution in [0.5, 0.6) is 0 Å². The Balaban J connectivity index is 2.33. The third-order valence-electron chi connectivity index (χ3n) is 3.33. The van der Waals surface area contributed by atoms with Crippen molar-refractivity contribution in [3.8, 4) is 0 Å². The van der Waals surface area contributed by atoms with Gasteiger partial charge in [0.25, 0.3) is 0 Å². The predicted molar refractivity (Wildman–Crippen MR) is 70.7 cm³/mol. The highest BCUT2D eigenvalue weighted by Gasteiger charge is 2.26. The fourth-order valence-corrected chi connectivity index (χ4v) is 2.26. The lowest BCUT2D eigenvalue weighted by molar-refractivity contribution is -0.142. The molecule has 0 aromatic heterocycles. The Morgan fingerprint density at radius 3 is 2.53 bits per heavy atom. The summed E-state index contributed by atoms with van der Waals surface area (Å²) in [6.45, 7) is 0.429. The predicted octanol–water partition coefficient (Wildman–Crippen LogP) is 0.00927. The lowest BCUT2D eigenvalue weighted by Gasteiger charge is -2.17. The van der Waals surface area contributed by atoms with Gasteiger partial charge in [-0.1, -0.05) is 12.8 Å². The lowest BCUT2D eigenvalue weighted by atomic mass is 10.1. The number of carbonyl (C=O) groups is 2. The van der Waals surface area contributed by atoms with E-state index in [0.29, 0.717) is 19.4 Å². The molecule has 0 radical (unpaired) electrons. The maximum absolute atomic E-state index is 11.9. The Morgan fingerprint density at radius 2 is 2.00 bits per heavy atom. The first-order valence-corrected chi connectivity index (χ1v) is 6.61. The van der Waals surface area contributed by atoms with Gasteiger partial charge in [-0.2, -0.15) is 0 Å². The number of carboxylic acid groups (broad SMARTS) is 1. The molecule has 0 spiro atoms. The van der Waals surface area contributed by atoms with Gasteiger partial charge in [0.05, 0.1) is 0 Å². The number of nitrogens with two attached hydrogens (primary N) is 1. The van der Waals surface area contributed by atoms with Crippen LogP contribution in [0.25, 0.3) is 0 Å². The molecule has 108 valence electrons. The number of hydrogen-bond acceptors (Lipinski definition) is 3. The molecule has 0 bridgehead atoms. The summed E-state index contributed by atoms with van der Waals surface area (Å²) in [5, 5.41) is 21.2. The zero-order valence-corrected chi connectivity index (χ0v) is 10.9. The van der Waals surface area contributed by atoms with Crippen molar-refractivity contribution in [3.05, 3.63) is 0 Å².